The van der Waals surface area contributed by atoms with Gasteiger partial charge in [-0.05, 0) is 31.7 Å². The first-order valence-electron chi connectivity index (χ1n) is 7.45. The fraction of sp³-hybridized carbons (Fsp3) is 0.625. The van der Waals surface area contributed by atoms with Crippen LogP contribution in [0.3, 0.4) is 0 Å². The highest BCUT2D eigenvalue weighted by molar-refractivity contribution is 5.31. The second-order valence-corrected chi connectivity index (χ2v) is 5.76. The predicted octanol–water partition coefficient (Wildman–Crippen LogP) is 2.98. The van der Waals surface area contributed by atoms with Crippen molar-refractivity contribution in [2.75, 3.05) is 20.2 Å². The SMILES string of the molecule is COC1CCN(Cc2cccc(OC3CC3)c2F)CC1. The summed E-state index contributed by atoms with van der Waals surface area (Å²) < 4.78 is 25.4. The van der Waals surface area contributed by atoms with Crippen LogP contribution in [-0.4, -0.2) is 37.3 Å². The summed E-state index contributed by atoms with van der Waals surface area (Å²) in [5.74, 6) is 0.227. The molecule has 1 aliphatic carbocycles. The maximum Gasteiger partial charge on any atom is 0.169 e. The average molecular weight is 279 g/mol. The molecule has 0 amide bonds. The summed E-state index contributed by atoms with van der Waals surface area (Å²) >= 11 is 0. The van der Waals surface area contributed by atoms with Crippen LogP contribution < -0.4 is 4.74 Å². The van der Waals surface area contributed by atoms with Crippen LogP contribution in [0.25, 0.3) is 0 Å². The zero-order valence-electron chi connectivity index (χ0n) is 12.0. The van der Waals surface area contributed by atoms with Crippen LogP contribution in [0.2, 0.25) is 0 Å². The smallest absolute Gasteiger partial charge is 0.169 e. The highest BCUT2D eigenvalue weighted by Gasteiger charge is 2.26. The molecule has 0 atom stereocenters. The van der Waals surface area contributed by atoms with Crippen LogP contribution in [0.5, 0.6) is 5.75 Å². The van der Waals surface area contributed by atoms with Crippen LogP contribution in [0.4, 0.5) is 4.39 Å². The van der Waals surface area contributed by atoms with Gasteiger partial charge in [0, 0.05) is 32.3 Å². The normalized spacial score (nSPS) is 21.1. The Bertz CT molecular complexity index is 454. The van der Waals surface area contributed by atoms with Gasteiger partial charge in [-0.15, -0.1) is 0 Å². The first kappa shape index (κ1) is 13.8. The number of benzene rings is 1. The summed E-state index contributed by atoms with van der Waals surface area (Å²) in [6.45, 7) is 2.58. The molecule has 0 N–H and O–H groups in total. The molecule has 1 heterocycles. The van der Waals surface area contributed by atoms with Crippen molar-refractivity contribution in [3.05, 3.63) is 29.6 Å². The number of hydrogen-bond acceptors (Lipinski definition) is 3. The van der Waals surface area contributed by atoms with Crippen LogP contribution in [-0.2, 0) is 11.3 Å². The summed E-state index contributed by atoms with van der Waals surface area (Å²) in [6, 6.07) is 5.48. The van der Waals surface area contributed by atoms with E-state index < -0.39 is 0 Å². The molecule has 0 bridgehead atoms. The molecule has 3 nitrogen and oxygen atoms in total. The number of rotatable bonds is 5. The summed E-state index contributed by atoms with van der Waals surface area (Å²) in [5.41, 5.74) is 0.735. The van der Waals surface area contributed by atoms with Gasteiger partial charge in [-0.2, -0.15) is 0 Å². The highest BCUT2D eigenvalue weighted by Crippen LogP contribution is 2.30. The molecule has 0 radical (unpaired) electrons. The molecule has 3 rings (SSSR count). The maximum atomic E-state index is 14.4. The van der Waals surface area contributed by atoms with Gasteiger partial charge in [0.25, 0.3) is 0 Å². The average Bonchev–Trinajstić information content (AvgIpc) is 3.28. The van der Waals surface area contributed by atoms with Gasteiger partial charge < -0.3 is 9.47 Å². The molecule has 2 aliphatic rings. The minimum Gasteiger partial charge on any atom is -0.487 e. The zero-order chi connectivity index (χ0) is 13.9. The number of nitrogens with zero attached hydrogens (tertiary/aromatic N) is 1. The molecular formula is C16H22FNO2. The minimum absolute atomic E-state index is 0.187. The number of methoxy groups -OCH3 is 1. The highest BCUT2D eigenvalue weighted by atomic mass is 19.1. The fourth-order valence-electron chi connectivity index (χ4n) is 2.68. The molecule has 4 heteroatoms. The van der Waals surface area contributed by atoms with Crippen molar-refractivity contribution in [2.45, 2.75) is 44.4 Å². The third kappa shape index (κ3) is 3.30. The van der Waals surface area contributed by atoms with Gasteiger partial charge in [-0.3, -0.25) is 4.90 Å². The van der Waals surface area contributed by atoms with Gasteiger partial charge in [0.15, 0.2) is 11.6 Å². The summed E-state index contributed by atoms with van der Waals surface area (Å²) in [6.07, 6.45) is 4.74. The molecule has 0 aromatic heterocycles. The Kier molecular flexibility index (Phi) is 4.22. The van der Waals surface area contributed by atoms with Gasteiger partial charge in [0.1, 0.15) is 0 Å². The Morgan fingerprint density at radius 3 is 2.55 bits per heavy atom. The molecule has 2 fully saturated rings. The Morgan fingerprint density at radius 2 is 1.90 bits per heavy atom. The Labute approximate surface area is 119 Å². The molecule has 20 heavy (non-hydrogen) atoms. The lowest BCUT2D eigenvalue weighted by Crippen LogP contribution is -2.36. The molecule has 0 unspecified atom stereocenters. The van der Waals surface area contributed by atoms with Gasteiger partial charge in [-0.1, -0.05) is 12.1 Å². The van der Waals surface area contributed by atoms with E-state index >= 15 is 0 Å². The molecule has 1 saturated heterocycles. The molecule has 1 aromatic rings. The second kappa shape index (κ2) is 6.10. The minimum atomic E-state index is -0.187. The lowest BCUT2D eigenvalue weighted by Gasteiger charge is -2.31. The standard InChI is InChI=1S/C16H22FNO2/c1-19-13-7-9-18(10-8-13)11-12-3-2-4-15(16(12)17)20-14-5-6-14/h2-4,13-14H,5-11H2,1H3. The molecule has 110 valence electrons. The van der Waals surface area contributed by atoms with E-state index in [1.165, 1.54) is 0 Å². The van der Waals surface area contributed by atoms with Gasteiger partial charge >= 0.3 is 0 Å². The van der Waals surface area contributed by atoms with Crippen LogP contribution in [0.15, 0.2) is 18.2 Å². The maximum absolute atomic E-state index is 14.4. The number of piperidine rings is 1. The van der Waals surface area contributed by atoms with Crippen LogP contribution >= 0.6 is 0 Å². The van der Waals surface area contributed by atoms with Gasteiger partial charge in [0.05, 0.1) is 12.2 Å². The number of halogens is 1. The van der Waals surface area contributed by atoms with Crippen molar-refractivity contribution in [3.63, 3.8) is 0 Å². The third-order valence-electron chi connectivity index (χ3n) is 4.12. The van der Waals surface area contributed by atoms with E-state index in [4.69, 9.17) is 9.47 Å². The van der Waals surface area contributed by atoms with E-state index in [1.807, 2.05) is 12.1 Å². The monoisotopic (exact) mass is 279 g/mol. The number of hydrogen-bond donors (Lipinski definition) is 0. The van der Waals surface area contributed by atoms with Gasteiger partial charge in [-0.25, -0.2) is 4.39 Å². The topological polar surface area (TPSA) is 21.7 Å². The van der Waals surface area contributed by atoms with Crippen molar-refractivity contribution >= 4 is 0 Å². The summed E-state index contributed by atoms with van der Waals surface area (Å²) in [4.78, 5) is 2.29. The number of ether oxygens (including phenoxy) is 2. The molecule has 0 spiro atoms. The first-order chi connectivity index (χ1) is 9.76. The van der Waals surface area contributed by atoms with Crippen LogP contribution in [0.1, 0.15) is 31.2 Å². The third-order valence-corrected chi connectivity index (χ3v) is 4.12. The van der Waals surface area contributed by atoms with Crippen molar-refractivity contribution in [1.82, 2.24) is 4.90 Å². The quantitative estimate of drug-likeness (QED) is 0.827. The Balaban J connectivity index is 1.62. The van der Waals surface area contributed by atoms with Crippen molar-refractivity contribution in [2.24, 2.45) is 0 Å². The van der Waals surface area contributed by atoms with E-state index in [-0.39, 0.29) is 11.9 Å². The first-order valence-corrected chi connectivity index (χ1v) is 7.45. The predicted molar refractivity (Wildman–Crippen MR) is 75.4 cm³/mol. The molecule has 1 aliphatic heterocycles. The summed E-state index contributed by atoms with van der Waals surface area (Å²) in [7, 11) is 1.76. The zero-order valence-corrected chi connectivity index (χ0v) is 12.0. The molecular weight excluding hydrogens is 257 g/mol. The Morgan fingerprint density at radius 1 is 1.15 bits per heavy atom. The van der Waals surface area contributed by atoms with E-state index in [0.717, 1.165) is 44.3 Å². The largest absolute Gasteiger partial charge is 0.487 e. The van der Waals surface area contributed by atoms with E-state index in [1.54, 1.807) is 13.2 Å². The molecule has 1 saturated carbocycles. The van der Waals surface area contributed by atoms with E-state index in [9.17, 15) is 4.39 Å². The Hall–Kier alpha value is -1.13. The number of likely N-dealkylation sites (tertiary alicyclic amines) is 1. The second-order valence-electron chi connectivity index (χ2n) is 5.76. The van der Waals surface area contributed by atoms with Crippen molar-refractivity contribution in [1.29, 1.82) is 0 Å². The lowest BCUT2D eigenvalue weighted by molar-refractivity contribution is 0.0385. The van der Waals surface area contributed by atoms with E-state index in [2.05, 4.69) is 4.90 Å². The lowest BCUT2D eigenvalue weighted by atomic mass is 10.1. The van der Waals surface area contributed by atoms with Crippen molar-refractivity contribution in [3.8, 4) is 5.75 Å². The molecule has 1 aromatic carbocycles. The fourth-order valence-corrected chi connectivity index (χ4v) is 2.68. The summed E-state index contributed by atoms with van der Waals surface area (Å²) in [5, 5.41) is 0. The van der Waals surface area contributed by atoms with Crippen LogP contribution in [0, 0.1) is 5.82 Å². The van der Waals surface area contributed by atoms with Gasteiger partial charge in [0.2, 0.25) is 0 Å². The van der Waals surface area contributed by atoms with E-state index in [0.29, 0.717) is 18.4 Å². The van der Waals surface area contributed by atoms with Crippen molar-refractivity contribution < 1.29 is 13.9 Å².